The van der Waals surface area contributed by atoms with Crippen molar-refractivity contribution in [3.8, 4) is 5.75 Å². The Morgan fingerprint density at radius 1 is 0.864 bits per heavy atom. The molecule has 0 unspecified atom stereocenters. The van der Waals surface area contributed by atoms with Gasteiger partial charge in [0.25, 0.3) is 0 Å². The SMILES string of the molecule is COC(=O)c1ccc(COc2cccc(C(=O)OC)c2)cc1. The fraction of sp³-hybridized carbons (Fsp3) is 0.176. The van der Waals surface area contributed by atoms with Crippen LogP contribution in [0.5, 0.6) is 5.75 Å². The van der Waals surface area contributed by atoms with E-state index < -0.39 is 5.97 Å². The maximum Gasteiger partial charge on any atom is 0.337 e. The Bertz CT molecular complexity index is 661. The van der Waals surface area contributed by atoms with Crippen molar-refractivity contribution in [2.45, 2.75) is 6.61 Å². The van der Waals surface area contributed by atoms with E-state index in [0.29, 0.717) is 23.5 Å². The van der Waals surface area contributed by atoms with Crippen LogP contribution >= 0.6 is 0 Å². The third kappa shape index (κ3) is 3.85. The topological polar surface area (TPSA) is 61.8 Å². The smallest absolute Gasteiger partial charge is 0.337 e. The van der Waals surface area contributed by atoms with Crippen LogP contribution in [0.15, 0.2) is 48.5 Å². The molecule has 2 aromatic carbocycles. The highest BCUT2D eigenvalue weighted by Crippen LogP contribution is 2.16. The highest BCUT2D eigenvalue weighted by molar-refractivity contribution is 5.90. The van der Waals surface area contributed by atoms with Crippen LogP contribution in [0.2, 0.25) is 0 Å². The number of ether oxygens (including phenoxy) is 3. The van der Waals surface area contributed by atoms with Gasteiger partial charge in [0.05, 0.1) is 25.3 Å². The van der Waals surface area contributed by atoms with Crippen LogP contribution in [0, 0.1) is 0 Å². The van der Waals surface area contributed by atoms with Crippen molar-refractivity contribution in [3.05, 3.63) is 65.2 Å². The summed E-state index contributed by atoms with van der Waals surface area (Å²) in [4.78, 5) is 22.8. The first kappa shape index (κ1) is 15.6. The van der Waals surface area contributed by atoms with E-state index in [1.807, 2.05) is 0 Å². The predicted molar refractivity (Wildman–Crippen MR) is 79.9 cm³/mol. The zero-order valence-electron chi connectivity index (χ0n) is 12.4. The van der Waals surface area contributed by atoms with Crippen LogP contribution in [-0.4, -0.2) is 26.2 Å². The van der Waals surface area contributed by atoms with Crippen LogP contribution < -0.4 is 4.74 Å². The Hall–Kier alpha value is -2.82. The van der Waals surface area contributed by atoms with Crippen molar-refractivity contribution in [1.29, 1.82) is 0 Å². The van der Waals surface area contributed by atoms with E-state index in [9.17, 15) is 9.59 Å². The van der Waals surface area contributed by atoms with Crippen LogP contribution in [0.25, 0.3) is 0 Å². The van der Waals surface area contributed by atoms with Crippen molar-refractivity contribution < 1.29 is 23.8 Å². The van der Waals surface area contributed by atoms with Crippen molar-refractivity contribution in [3.63, 3.8) is 0 Å². The minimum atomic E-state index is -0.409. The van der Waals surface area contributed by atoms with E-state index in [2.05, 4.69) is 9.47 Å². The fourth-order valence-corrected chi connectivity index (χ4v) is 1.85. The molecule has 0 aromatic heterocycles. The lowest BCUT2D eigenvalue weighted by molar-refractivity contribution is 0.0591. The molecule has 0 radical (unpaired) electrons. The average Bonchev–Trinajstić information content (AvgIpc) is 2.59. The third-order valence-corrected chi connectivity index (χ3v) is 3.04. The highest BCUT2D eigenvalue weighted by atomic mass is 16.5. The normalized spacial score (nSPS) is 9.91. The summed E-state index contributed by atoms with van der Waals surface area (Å²) in [7, 11) is 2.67. The Kier molecular flexibility index (Phi) is 5.14. The van der Waals surface area contributed by atoms with Crippen LogP contribution in [-0.2, 0) is 16.1 Å². The van der Waals surface area contributed by atoms with E-state index >= 15 is 0 Å². The Balaban J connectivity index is 2.01. The predicted octanol–water partition coefficient (Wildman–Crippen LogP) is 2.84. The second kappa shape index (κ2) is 7.26. The van der Waals surface area contributed by atoms with Gasteiger partial charge in [-0.2, -0.15) is 0 Å². The molecule has 0 saturated heterocycles. The van der Waals surface area contributed by atoms with E-state index in [-0.39, 0.29) is 5.97 Å². The summed E-state index contributed by atoms with van der Waals surface area (Å²) in [6.07, 6.45) is 0. The van der Waals surface area contributed by atoms with Gasteiger partial charge in [-0.1, -0.05) is 18.2 Å². The van der Waals surface area contributed by atoms with Crippen molar-refractivity contribution >= 4 is 11.9 Å². The molecule has 0 aliphatic carbocycles. The Morgan fingerprint density at radius 3 is 2.14 bits per heavy atom. The molecule has 2 aromatic rings. The van der Waals surface area contributed by atoms with Crippen molar-refractivity contribution in [2.24, 2.45) is 0 Å². The summed E-state index contributed by atoms with van der Waals surface area (Å²) < 4.78 is 14.9. The van der Waals surface area contributed by atoms with Crippen molar-refractivity contribution in [1.82, 2.24) is 0 Å². The fourth-order valence-electron chi connectivity index (χ4n) is 1.85. The van der Waals surface area contributed by atoms with Gasteiger partial charge in [-0.25, -0.2) is 9.59 Å². The Morgan fingerprint density at radius 2 is 1.50 bits per heavy atom. The number of hydrogen-bond acceptors (Lipinski definition) is 5. The number of carbonyl (C=O) groups excluding carboxylic acids is 2. The number of carbonyl (C=O) groups is 2. The summed E-state index contributed by atoms with van der Waals surface area (Å²) >= 11 is 0. The van der Waals surface area contributed by atoms with E-state index in [1.165, 1.54) is 14.2 Å². The monoisotopic (exact) mass is 300 g/mol. The quantitative estimate of drug-likeness (QED) is 0.795. The largest absolute Gasteiger partial charge is 0.489 e. The first-order valence-corrected chi connectivity index (χ1v) is 6.62. The van der Waals surface area contributed by atoms with Gasteiger partial charge in [-0.15, -0.1) is 0 Å². The maximum absolute atomic E-state index is 11.4. The lowest BCUT2D eigenvalue weighted by Gasteiger charge is -2.08. The van der Waals surface area contributed by atoms with Gasteiger partial charge in [0.1, 0.15) is 12.4 Å². The summed E-state index contributed by atoms with van der Waals surface area (Å²) in [6.45, 7) is 0.325. The first-order valence-electron chi connectivity index (χ1n) is 6.62. The number of benzene rings is 2. The van der Waals surface area contributed by atoms with Gasteiger partial charge >= 0.3 is 11.9 Å². The van der Waals surface area contributed by atoms with Crippen LogP contribution in [0.3, 0.4) is 0 Å². The lowest BCUT2D eigenvalue weighted by atomic mass is 10.1. The summed E-state index contributed by atoms with van der Waals surface area (Å²) in [5, 5.41) is 0. The molecule has 0 amide bonds. The minimum absolute atomic E-state index is 0.325. The molecule has 114 valence electrons. The molecular weight excluding hydrogens is 284 g/mol. The lowest BCUT2D eigenvalue weighted by Crippen LogP contribution is -2.03. The second-order valence-corrected chi connectivity index (χ2v) is 4.50. The molecule has 5 nitrogen and oxygen atoms in total. The second-order valence-electron chi connectivity index (χ2n) is 4.50. The zero-order valence-corrected chi connectivity index (χ0v) is 12.4. The van der Waals surface area contributed by atoms with Gasteiger partial charge in [0.2, 0.25) is 0 Å². The maximum atomic E-state index is 11.4. The number of esters is 2. The minimum Gasteiger partial charge on any atom is -0.489 e. The van der Waals surface area contributed by atoms with Crippen LogP contribution in [0.4, 0.5) is 0 Å². The van der Waals surface area contributed by atoms with Gasteiger partial charge in [0.15, 0.2) is 0 Å². The molecule has 0 aliphatic heterocycles. The molecular formula is C17H16O5. The summed E-state index contributed by atoms with van der Waals surface area (Å²) in [6, 6.07) is 13.7. The zero-order chi connectivity index (χ0) is 15.9. The molecule has 0 bridgehead atoms. The summed E-state index contributed by atoms with van der Waals surface area (Å²) in [5.41, 5.74) is 1.82. The molecule has 0 N–H and O–H groups in total. The molecule has 0 saturated carbocycles. The summed E-state index contributed by atoms with van der Waals surface area (Å²) in [5.74, 6) is -0.217. The molecule has 0 atom stereocenters. The molecule has 22 heavy (non-hydrogen) atoms. The Labute approximate surface area is 128 Å². The first-order chi connectivity index (χ1) is 10.6. The van der Waals surface area contributed by atoms with Crippen molar-refractivity contribution in [2.75, 3.05) is 14.2 Å². The van der Waals surface area contributed by atoms with E-state index in [1.54, 1.807) is 48.5 Å². The molecule has 2 rings (SSSR count). The van der Waals surface area contributed by atoms with Gasteiger partial charge < -0.3 is 14.2 Å². The van der Waals surface area contributed by atoms with E-state index in [0.717, 1.165) is 5.56 Å². The molecule has 0 spiro atoms. The number of rotatable bonds is 5. The molecule has 0 fully saturated rings. The number of methoxy groups -OCH3 is 2. The molecule has 0 heterocycles. The average molecular weight is 300 g/mol. The molecule has 5 heteroatoms. The number of hydrogen-bond donors (Lipinski definition) is 0. The highest BCUT2D eigenvalue weighted by Gasteiger charge is 2.07. The van der Waals surface area contributed by atoms with Gasteiger partial charge in [0, 0.05) is 0 Å². The van der Waals surface area contributed by atoms with Gasteiger partial charge in [-0.3, -0.25) is 0 Å². The van der Waals surface area contributed by atoms with Crippen LogP contribution in [0.1, 0.15) is 26.3 Å². The standard InChI is InChI=1S/C17H16O5/c1-20-16(18)13-8-6-12(7-9-13)11-22-15-5-3-4-14(10-15)17(19)21-2/h3-10H,11H2,1-2H3. The van der Waals surface area contributed by atoms with Gasteiger partial charge in [-0.05, 0) is 35.9 Å². The molecule has 0 aliphatic rings. The van der Waals surface area contributed by atoms with E-state index in [4.69, 9.17) is 4.74 Å². The third-order valence-electron chi connectivity index (χ3n) is 3.04.